The molecule has 0 N–H and O–H groups in total. The zero-order valence-electron chi connectivity index (χ0n) is 9.93. The molecule has 100 valence electrons. The molecular formula is C13H10F2O3S. The summed E-state index contributed by atoms with van der Waals surface area (Å²) in [7, 11) is -4.27. The van der Waals surface area contributed by atoms with Crippen molar-refractivity contribution in [2.45, 2.75) is 11.8 Å². The van der Waals surface area contributed by atoms with Gasteiger partial charge in [-0.3, -0.25) is 0 Å². The van der Waals surface area contributed by atoms with Gasteiger partial charge in [-0.2, -0.15) is 8.42 Å². The van der Waals surface area contributed by atoms with E-state index in [1.165, 1.54) is 31.2 Å². The molecule has 0 aliphatic heterocycles. The summed E-state index contributed by atoms with van der Waals surface area (Å²) in [5.74, 6) is -1.45. The Morgan fingerprint density at radius 1 is 1.00 bits per heavy atom. The average molecular weight is 284 g/mol. The molecule has 0 aromatic heterocycles. The van der Waals surface area contributed by atoms with Crippen molar-refractivity contribution in [3.8, 4) is 5.75 Å². The summed E-state index contributed by atoms with van der Waals surface area (Å²) < 4.78 is 55.0. The summed E-state index contributed by atoms with van der Waals surface area (Å²) in [6.07, 6.45) is 0. The van der Waals surface area contributed by atoms with Gasteiger partial charge in [-0.15, -0.1) is 0 Å². The minimum absolute atomic E-state index is 0.0675. The molecule has 0 radical (unpaired) electrons. The van der Waals surface area contributed by atoms with Crippen LogP contribution < -0.4 is 4.18 Å². The van der Waals surface area contributed by atoms with Crippen LogP contribution >= 0.6 is 0 Å². The van der Waals surface area contributed by atoms with Gasteiger partial charge >= 0.3 is 10.1 Å². The number of halogens is 2. The third kappa shape index (κ3) is 2.90. The second kappa shape index (κ2) is 4.97. The monoisotopic (exact) mass is 284 g/mol. The molecule has 0 aliphatic carbocycles. The van der Waals surface area contributed by atoms with E-state index in [9.17, 15) is 17.2 Å². The number of rotatable bonds is 3. The SMILES string of the molecule is Cc1cc(OS(=O)(=O)c2ccccc2F)ccc1F. The molecule has 0 aliphatic rings. The summed E-state index contributed by atoms with van der Waals surface area (Å²) in [5, 5.41) is 0. The number of benzene rings is 2. The molecule has 0 bridgehead atoms. The van der Waals surface area contributed by atoms with Crippen molar-refractivity contribution in [2.24, 2.45) is 0 Å². The molecule has 2 aromatic carbocycles. The molecule has 2 aromatic rings. The zero-order valence-corrected chi connectivity index (χ0v) is 10.7. The van der Waals surface area contributed by atoms with Gasteiger partial charge in [0.15, 0.2) is 0 Å². The van der Waals surface area contributed by atoms with Gasteiger partial charge in [0.25, 0.3) is 0 Å². The predicted molar refractivity (Wildman–Crippen MR) is 65.4 cm³/mol. The summed E-state index contributed by atoms with van der Waals surface area (Å²) in [4.78, 5) is -0.558. The Morgan fingerprint density at radius 2 is 1.68 bits per heavy atom. The van der Waals surface area contributed by atoms with Gasteiger partial charge in [-0.25, -0.2) is 8.78 Å². The first kappa shape index (κ1) is 13.5. The highest BCUT2D eigenvalue weighted by Crippen LogP contribution is 2.22. The second-order valence-corrected chi connectivity index (χ2v) is 5.39. The highest BCUT2D eigenvalue weighted by atomic mass is 32.2. The van der Waals surface area contributed by atoms with Crippen LogP contribution in [0.15, 0.2) is 47.4 Å². The van der Waals surface area contributed by atoms with Crippen molar-refractivity contribution < 1.29 is 21.4 Å². The fourth-order valence-corrected chi connectivity index (χ4v) is 2.49. The fourth-order valence-electron chi connectivity index (χ4n) is 1.49. The topological polar surface area (TPSA) is 43.4 Å². The summed E-state index contributed by atoms with van der Waals surface area (Å²) >= 11 is 0. The standard InChI is InChI=1S/C13H10F2O3S/c1-9-8-10(6-7-11(9)14)18-19(16,17)13-5-3-2-4-12(13)15/h2-8H,1H3. The maximum atomic E-state index is 13.4. The van der Waals surface area contributed by atoms with Gasteiger partial charge in [0.1, 0.15) is 22.3 Å². The Balaban J connectivity index is 2.37. The van der Waals surface area contributed by atoms with E-state index in [1.54, 1.807) is 0 Å². The van der Waals surface area contributed by atoms with Gasteiger partial charge in [0.05, 0.1) is 0 Å². The van der Waals surface area contributed by atoms with E-state index in [4.69, 9.17) is 4.18 Å². The molecular weight excluding hydrogens is 274 g/mol. The molecule has 3 nitrogen and oxygen atoms in total. The average Bonchev–Trinajstić information content (AvgIpc) is 2.34. The van der Waals surface area contributed by atoms with Crippen molar-refractivity contribution in [1.82, 2.24) is 0 Å². The summed E-state index contributed by atoms with van der Waals surface area (Å²) in [6.45, 7) is 1.47. The molecule has 0 heterocycles. The third-order valence-electron chi connectivity index (χ3n) is 2.44. The lowest BCUT2D eigenvalue weighted by atomic mass is 10.2. The van der Waals surface area contributed by atoms with Crippen LogP contribution in [-0.2, 0) is 10.1 Å². The fraction of sp³-hybridized carbons (Fsp3) is 0.0769. The van der Waals surface area contributed by atoms with E-state index in [1.807, 2.05) is 0 Å². The second-order valence-electron chi connectivity index (χ2n) is 3.88. The van der Waals surface area contributed by atoms with Crippen molar-refractivity contribution in [3.63, 3.8) is 0 Å². The number of hydrogen-bond donors (Lipinski definition) is 0. The summed E-state index contributed by atoms with van der Waals surface area (Å²) in [5.41, 5.74) is 0.237. The lowest BCUT2D eigenvalue weighted by molar-refractivity contribution is 0.475. The number of hydrogen-bond acceptors (Lipinski definition) is 3. The van der Waals surface area contributed by atoms with Crippen LogP contribution in [0, 0.1) is 18.6 Å². The molecule has 0 saturated carbocycles. The first-order valence-electron chi connectivity index (χ1n) is 5.35. The van der Waals surface area contributed by atoms with Crippen LogP contribution in [0.1, 0.15) is 5.56 Å². The molecule has 0 saturated heterocycles. The minimum atomic E-state index is -4.27. The van der Waals surface area contributed by atoms with Crippen molar-refractivity contribution >= 4 is 10.1 Å². The number of aryl methyl sites for hydroxylation is 1. The van der Waals surface area contributed by atoms with Crippen molar-refractivity contribution in [2.75, 3.05) is 0 Å². The molecule has 0 fully saturated rings. The molecule has 0 unspecified atom stereocenters. The van der Waals surface area contributed by atoms with Crippen LogP contribution in [0.4, 0.5) is 8.78 Å². The summed E-state index contributed by atoms with van der Waals surface area (Å²) in [6, 6.07) is 8.36. The molecule has 0 spiro atoms. The normalized spacial score (nSPS) is 11.3. The molecule has 0 atom stereocenters. The van der Waals surface area contributed by atoms with E-state index in [-0.39, 0.29) is 11.3 Å². The lowest BCUT2D eigenvalue weighted by Crippen LogP contribution is -2.11. The van der Waals surface area contributed by atoms with E-state index in [0.29, 0.717) is 0 Å². The van der Waals surface area contributed by atoms with Crippen LogP contribution in [0.2, 0.25) is 0 Å². The van der Waals surface area contributed by atoms with Crippen LogP contribution in [0.25, 0.3) is 0 Å². The first-order valence-corrected chi connectivity index (χ1v) is 6.76. The van der Waals surface area contributed by atoms with E-state index < -0.39 is 26.6 Å². The van der Waals surface area contributed by atoms with Gasteiger partial charge in [0, 0.05) is 0 Å². The predicted octanol–water partition coefficient (Wildman–Crippen LogP) is 3.04. The lowest BCUT2D eigenvalue weighted by Gasteiger charge is -2.08. The third-order valence-corrected chi connectivity index (χ3v) is 3.72. The van der Waals surface area contributed by atoms with Gasteiger partial charge < -0.3 is 4.18 Å². The van der Waals surface area contributed by atoms with Crippen LogP contribution in [0.5, 0.6) is 5.75 Å². The van der Waals surface area contributed by atoms with Crippen molar-refractivity contribution in [1.29, 1.82) is 0 Å². The first-order chi connectivity index (χ1) is 8.90. The van der Waals surface area contributed by atoms with E-state index in [2.05, 4.69) is 0 Å². The Kier molecular flexibility index (Phi) is 3.53. The molecule has 0 amide bonds. The molecule has 6 heteroatoms. The molecule has 19 heavy (non-hydrogen) atoms. The Labute approximate surface area is 109 Å². The maximum Gasteiger partial charge on any atom is 0.342 e. The minimum Gasteiger partial charge on any atom is -0.379 e. The van der Waals surface area contributed by atoms with Crippen molar-refractivity contribution in [3.05, 3.63) is 59.7 Å². The maximum absolute atomic E-state index is 13.4. The van der Waals surface area contributed by atoms with Crippen LogP contribution in [0.3, 0.4) is 0 Å². The van der Waals surface area contributed by atoms with Crippen LogP contribution in [-0.4, -0.2) is 8.42 Å². The zero-order chi connectivity index (χ0) is 14.0. The quantitative estimate of drug-likeness (QED) is 0.814. The molecule has 2 rings (SSSR count). The highest BCUT2D eigenvalue weighted by Gasteiger charge is 2.21. The van der Waals surface area contributed by atoms with Gasteiger partial charge in [-0.05, 0) is 42.8 Å². The largest absolute Gasteiger partial charge is 0.379 e. The highest BCUT2D eigenvalue weighted by molar-refractivity contribution is 7.87. The Hall–Kier alpha value is -1.95. The van der Waals surface area contributed by atoms with Gasteiger partial charge in [-0.1, -0.05) is 12.1 Å². The Bertz CT molecular complexity index is 712. The smallest absolute Gasteiger partial charge is 0.342 e. The Morgan fingerprint density at radius 3 is 2.32 bits per heavy atom. The van der Waals surface area contributed by atoms with Gasteiger partial charge in [0.2, 0.25) is 0 Å². The van der Waals surface area contributed by atoms with E-state index in [0.717, 1.165) is 18.2 Å². The van der Waals surface area contributed by atoms with E-state index >= 15 is 0 Å².